The van der Waals surface area contributed by atoms with Crippen LogP contribution in [-0.2, 0) is 9.53 Å². The number of hydrogen-bond acceptors (Lipinski definition) is 4. The maximum Gasteiger partial charge on any atom is 0.332 e. The van der Waals surface area contributed by atoms with Gasteiger partial charge in [0.15, 0.2) is 0 Å². The molecule has 0 saturated carbocycles. The quantitative estimate of drug-likeness (QED) is 0.607. The molecule has 1 atom stereocenters. The van der Waals surface area contributed by atoms with Gasteiger partial charge in [-0.05, 0) is 12.5 Å². The van der Waals surface area contributed by atoms with Gasteiger partial charge in [-0.25, -0.2) is 4.79 Å². The van der Waals surface area contributed by atoms with Crippen LogP contribution in [0.3, 0.4) is 0 Å². The molecule has 0 aromatic carbocycles. The molecule has 0 bridgehead atoms. The summed E-state index contributed by atoms with van der Waals surface area (Å²) in [6.07, 6.45) is 6.80. The first-order valence-electron chi connectivity index (χ1n) is 4.80. The summed E-state index contributed by atoms with van der Waals surface area (Å²) in [5.41, 5.74) is 0. The lowest BCUT2D eigenvalue weighted by Gasteiger charge is -2.37. The topological polar surface area (TPSA) is 41.6 Å². The molecule has 14 heavy (non-hydrogen) atoms. The van der Waals surface area contributed by atoms with Gasteiger partial charge in [0.2, 0.25) is 0 Å². The lowest BCUT2D eigenvalue weighted by molar-refractivity contribution is -0.144. The summed E-state index contributed by atoms with van der Waals surface area (Å²) in [5.74, 6) is 0.824. The monoisotopic (exact) mass is 194 g/mol. The smallest absolute Gasteiger partial charge is 0.332 e. The van der Waals surface area contributed by atoms with Crippen molar-refractivity contribution in [1.29, 1.82) is 0 Å². The third-order valence-corrected chi connectivity index (χ3v) is 2.52. The lowest BCUT2D eigenvalue weighted by atomic mass is 10.1. The molecule has 1 saturated heterocycles. The normalized spacial score (nSPS) is 24.8. The van der Waals surface area contributed by atoms with Gasteiger partial charge >= 0.3 is 5.97 Å². The van der Waals surface area contributed by atoms with E-state index < -0.39 is 0 Å². The van der Waals surface area contributed by atoms with E-state index in [0.29, 0.717) is 0 Å². The molecule has 2 aliphatic rings. The van der Waals surface area contributed by atoms with E-state index in [1.807, 2.05) is 23.1 Å². The molecule has 1 N–H and O–H groups in total. The molecule has 0 radical (unpaired) electrons. The third kappa shape index (κ3) is 1.47. The van der Waals surface area contributed by atoms with Crippen molar-refractivity contribution in [3.63, 3.8) is 0 Å². The highest BCUT2D eigenvalue weighted by atomic mass is 16.5. The number of nitrogens with one attached hydrogen (secondary N) is 1. The molecule has 0 aromatic rings. The second kappa shape index (κ2) is 3.74. The molecule has 4 nitrogen and oxygen atoms in total. The predicted octanol–water partition coefficient (Wildman–Crippen LogP) is 0.234. The van der Waals surface area contributed by atoms with E-state index >= 15 is 0 Å². The average molecular weight is 194 g/mol. The number of rotatable bonds is 1. The fourth-order valence-electron chi connectivity index (χ4n) is 1.81. The van der Waals surface area contributed by atoms with E-state index in [1.54, 1.807) is 0 Å². The Morgan fingerprint density at radius 1 is 1.71 bits per heavy atom. The fraction of sp³-hybridized carbons (Fsp3) is 0.500. The number of nitrogens with zero attached hydrogens (tertiary/aromatic N) is 1. The van der Waals surface area contributed by atoms with Crippen LogP contribution in [0.25, 0.3) is 0 Å². The van der Waals surface area contributed by atoms with Crippen LogP contribution in [0.5, 0.6) is 0 Å². The molecule has 2 rings (SSSR count). The van der Waals surface area contributed by atoms with Crippen molar-refractivity contribution in [2.45, 2.75) is 12.5 Å². The van der Waals surface area contributed by atoms with Crippen LogP contribution >= 0.6 is 0 Å². The molecule has 0 spiro atoms. The van der Waals surface area contributed by atoms with Gasteiger partial charge in [-0.3, -0.25) is 0 Å². The Morgan fingerprint density at radius 2 is 2.57 bits per heavy atom. The maximum atomic E-state index is 11.5. The highest BCUT2D eigenvalue weighted by molar-refractivity contribution is 5.78. The summed E-state index contributed by atoms with van der Waals surface area (Å²) >= 11 is 0. The summed E-state index contributed by atoms with van der Waals surface area (Å²) in [6, 6.07) is -0.257. The van der Waals surface area contributed by atoms with Gasteiger partial charge in [0, 0.05) is 13.1 Å². The molecule has 76 valence electrons. The molecular weight excluding hydrogens is 180 g/mol. The van der Waals surface area contributed by atoms with Crippen LogP contribution in [0.4, 0.5) is 0 Å². The first kappa shape index (κ1) is 9.12. The zero-order chi connectivity index (χ0) is 9.97. The summed E-state index contributed by atoms with van der Waals surface area (Å²) in [6.45, 7) is 1.88. The molecular formula is C10H14N2O2. The van der Waals surface area contributed by atoms with Crippen LogP contribution in [0.1, 0.15) is 6.42 Å². The van der Waals surface area contributed by atoms with Gasteiger partial charge in [-0.2, -0.15) is 0 Å². The highest BCUT2D eigenvalue weighted by Crippen LogP contribution is 2.18. The first-order valence-corrected chi connectivity index (χ1v) is 4.80. The van der Waals surface area contributed by atoms with Crippen LogP contribution in [0.2, 0.25) is 0 Å². The molecule has 2 aliphatic heterocycles. The van der Waals surface area contributed by atoms with Gasteiger partial charge in [0.05, 0.1) is 7.11 Å². The minimum absolute atomic E-state index is 0.199. The van der Waals surface area contributed by atoms with Crippen LogP contribution in [0, 0.1) is 0 Å². The van der Waals surface area contributed by atoms with E-state index in [2.05, 4.69) is 5.32 Å². The summed E-state index contributed by atoms with van der Waals surface area (Å²) in [7, 11) is 1.42. The maximum absolute atomic E-state index is 11.5. The van der Waals surface area contributed by atoms with Crippen molar-refractivity contribution in [2.75, 3.05) is 20.2 Å². The molecule has 0 aliphatic carbocycles. The number of fused-ring (bicyclic) bond motifs is 1. The predicted molar refractivity (Wildman–Crippen MR) is 52.4 cm³/mol. The average Bonchev–Trinajstić information content (AvgIpc) is 2.27. The van der Waals surface area contributed by atoms with Gasteiger partial charge in [0.1, 0.15) is 11.9 Å². The van der Waals surface area contributed by atoms with Crippen molar-refractivity contribution in [2.24, 2.45) is 0 Å². The molecule has 0 amide bonds. The Morgan fingerprint density at radius 3 is 3.36 bits per heavy atom. The summed E-state index contributed by atoms with van der Waals surface area (Å²) < 4.78 is 4.75. The number of hydrogen-bond donors (Lipinski definition) is 1. The fourth-order valence-corrected chi connectivity index (χ4v) is 1.81. The first-order chi connectivity index (χ1) is 6.83. The standard InChI is InChI=1S/C10H14N2O2/c1-14-10(13)8-4-2-5-9-11-6-3-7-12(8)9/h2,4-5,8,11H,3,6-7H2,1H3. The minimum Gasteiger partial charge on any atom is -0.467 e. The minimum atomic E-state index is -0.257. The van der Waals surface area contributed by atoms with Crippen LogP contribution < -0.4 is 5.32 Å². The van der Waals surface area contributed by atoms with Gasteiger partial charge < -0.3 is 15.0 Å². The Labute approximate surface area is 83.2 Å². The zero-order valence-corrected chi connectivity index (χ0v) is 8.19. The largest absolute Gasteiger partial charge is 0.467 e. The van der Waals surface area contributed by atoms with Crippen molar-refractivity contribution in [1.82, 2.24) is 10.2 Å². The molecule has 2 heterocycles. The van der Waals surface area contributed by atoms with Crippen LogP contribution in [0.15, 0.2) is 24.0 Å². The number of esters is 1. The second-order valence-corrected chi connectivity index (χ2v) is 3.38. The number of carbonyl (C=O) groups is 1. The van der Waals surface area contributed by atoms with E-state index in [4.69, 9.17) is 4.74 Å². The van der Waals surface area contributed by atoms with Gasteiger partial charge in [-0.15, -0.1) is 0 Å². The number of carbonyl (C=O) groups excluding carboxylic acids is 1. The van der Waals surface area contributed by atoms with Crippen molar-refractivity contribution in [3.8, 4) is 0 Å². The van der Waals surface area contributed by atoms with Crippen molar-refractivity contribution >= 4 is 5.97 Å². The van der Waals surface area contributed by atoms with E-state index in [9.17, 15) is 4.79 Å². The number of methoxy groups -OCH3 is 1. The van der Waals surface area contributed by atoms with Gasteiger partial charge in [-0.1, -0.05) is 12.2 Å². The lowest BCUT2D eigenvalue weighted by Crippen LogP contribution is -2.49. The Bertz CT molecular complexity index is 296. The number of allylic oxidation sites excluding steroid dienone is 2. The number of ether oxygens (including phenoxy) is 1. The molecule has 0 aromatic heterocycles. The van der Waals surface area contributed by atoms with E-state index in [1.165, 1.54) is 7.11 Å². The Hall–Kier alpha value is -1.45. The SMILES string of the molecule is COC(=O)C1C=CC=C2NCCCN21. The highest BCUT2D eigenvalue weighted by Gasteiger charge is 2.29. The zero-order valence-electron chi connectivity index (χ0n) is 8.19. The third-order valence-electron chi connectivity index (χ3n) is 2.52. The van der Waals surface area contributed by atoms with E-state index in [0.717, 1.165) is 25.3 Å². The van der Waals surface area contributed by atoms with Crippen LogP contribution in [-0.4, -0.2) is 37.1 Å². The Kier molecular flexibility index (Phi) is 2.43. The van der Waals surface area contributed by atoms with Crippen molar-refractivity contribution < 1.29 is 9.53 Å². The Balaban J connectivity index is 2.17. The van der Waals surface area contributed by atoms with Crippen molar-refractivity contribution in [3.05, 3.63) is 24.0 Å². The summed E-state index contributed by atoms with van der Waals surface area (Å²) in [4.78, 5) is 13.5. The molecule has 1 fully saturated rings. The molecule has 4 heteroatoms. The second-order valence-electron chi connectivity index (χ2n) is 3.38. The van der Waals surface area contributed by atoms with E-state index in [-0.39, 0.29) is 12.0 Å². The van der Waals surface area contributed by atoms with Gasteiger partial charge in [0.25, 0.3) is 0 Å². The summed E-state index contributed by atoms with van der Waals surface area (Å²) in [5, 5.41) is 3.26. The molecule has 1 unspecified atom stereocenters.